The molecule has 8 heteroatoms. The number of ether oxygens (including phenoxy) is 1. The Bertz CT molecular complexity index is 1140. The predicted molar refractivity (Wildman–Crippen MR) is 124 cm³/mol. The molecule has 32 heavy (non-hydrogen) atoms. The lowest BCUT2D eigenvalue weighted by molar-refractivity contribution is 0.115. The minimum Gasteiger partial charge on any atom is -0.490 e. The number of aromatic nitrogens is 2. The molecule has 1 saturated heterocycles. The number of piperidine rings is 1. The molecule has 1 aromatic heterocycles. The molecule has 1 fully saturated rings. The molecule has 2 amide bonds. The van der Waals surface area contributed by atoms with Crippen molar-refractivity contribution in [3.63, 3.8) is 0 Å². The van der Waals surface area contributed by atoms with Crippen LogP contribution in [0.15, 0.2) is 54.7 Å². The normalized spacial score (nSPS) is 14.5. The molecule has 0 bridgehead atoms. The minimum absolute atomic E-state index is 0.160. The highest BCUT2D eigenvalue weighted by atomic mass is 16.5. The van der Waals surface area contributed by atoms with Gasteiger partial charge in [-0.2, -0.15) is 10.4 Å². The monoisotopic (exact) mass is 430 g/mol. The summed E-state index contributed by atoms with van der Waals surface area (Å²) in [5, 5.41) is 18.9. The van der Waals surface area contributed by atoms with Crippen molar-refractivity contribution in [3.05, 3.63) is 60.3 Å². The lowest BCUT2D eigenvalue weighted by atomic mass is 10.1. The number of rotatable bonds is 5. The fraction of sp³-hybridized carbons (Fsp3) is 0.292. The topological polar surface area (TPSA) is 95.2 Å². The molecule has 0 unspecified atom stereocenters. The van der Waals surface area contributed by atoms with E-state index in [0.717, 1.165) is 42.9 Å². The molecule has 8 nitrogen and oxygen atoms in total. The number of urea groups is 1. The summed E-state index contributed by atoms with van der Waals surface area (Å²) in [6.07, 6.45) is 3.86. The van der Waals surface area contributed by atoms with Gasteiger partial charge in [0, 0.05) is 43.3 Å². The summed E-state index contributed by atoms with van der Waals surface area (Å²) in [4.78, 5) is 14.8. The Morgan fingerprint density at radius 3 is 2.53 bits per heavy atom. The molecule has 3 aromatic rings. The third-order valence-electron chi connectivity index (χ3n) is 5.54. The molecule has 164 valence electrons. The lowest BCUT2D eigenvalue weighted by Gasteiger charge is -2.30. The molecular weight excluding hydrogens is 404 g/mol. The van der Waals surface area contributed by atoms with Gasteiger partial charge in [0.15, 0.2) is 0 Å². The van der Waals surface area contributed by atoms with Crippen LogP contribution in [-0.2, 0) is 7.05 Å². The average molecular weight is 431 g/mol. The maximum atomic E-state index is 12.5. The Balaban J connectivity index is 1.53. The van der Waals surface area contributed by atoms with E-state index in [2.05, 4.69) is 33.7 Å². The Kier molecular flexibility index (Phi) is 6.38. The van der Waals surface area contributed by atoms with E-state index >= 15 is 0 Å². The van der Waals surface area contributed by atoms with Gasteiger partial charge in [-0.3, -0.25) is 4.68 Å². The van der Waals surface area contributed by atoms with Crippen LogP contribution in [0.5, 0.6) is 5.75 Å². The Labute approximate surface area is 187 Å². The van der Waals surface area contributed by atoms with Crippen LogP contribution < -0.4 is 15.4 Å². The minimum atomic E-state index is -0.389. The van der Waals surface area contributed by atoms with Gasteiger partial charge in [-0.05, 0) is 62.4 Å². The maximum Gasteiger partial charge on any atom is 0.323 e. The summed E-state index contributed by atoms with van der Waals surface area (Å²) in [7, 11) is 4.00. The fourth-order valence-electron chi connectivity index (χ4n) is 3.79. The largest absolute Gasteiger partial charge is 0.490 e. The molecule has 0 spiro atoms. The van der Waals surface area contributed by atoms with E-state index in [1.807, 2.05) is 31.3 Å². The standard InChI is InChI=1S/C24H26N6O2/c1-29-12-9-20(10-13-29)32-23-7-6-19(15-21(23)22-8-11-26-30(22)2)28-24(31)27-18-5-3-4-17(14-18)16-25/h3-8,11,14-15,20H,9-10,12-13H2,1-2H3,(H2,27,28,31). The SMILES string of the molecule is CN1CCC(Oc2ccc(NC(=O)Nc3cccc(C#N)c3)cc2-c2ccnn2C)CC1. The Morgan fingerprint density at radius 2 is 1.84 bits per heavy atom. The fourth-order valence-corrected chi connectivity index (χ4v) is 3.79. The van der Waals surface area contributed by atoms with Crippen molar-refractivity contribution in [2.24, 2.45) is 7.05 Å². The molecule has 2 aromatic carbocycles. The first-order chi connectivity index (χ1) is 15.5. The number of benzene rings is 2. The summed E-state index contributed by atoms with van der Waals surface area (Å²) in [5.41, 5.74) is 3.44. The van der Waals surface area contributed by atoms with Crippen molar-refractivity contribution < 1.29 is 9.53 Å². The van der Waals surface area contributed by atoms with E-state index in [-0.39, 0.29) is 12.1 Å². The number of amides is 2. The van der Waals surface area contributed by atoms with E-state index in [0.29, 0.717) is 16.9 Å². The third-order valence-corrected chi connectivity index (χ3v) is 5.54. The molecular formula is C24H26N6O2. The summed E-state index contributed by atoms with van der Waals surface area (Å²) in [6, 6.07) is 16.0. The summed E-state index contributed by atoms with van der Waals surface area (Å²) < 4.78 is 8.15. The van der Waals surface area contributed by atoms with Gasteiger partial charge >= 0.3 is 6.03 Å². The van der Waals surface area contributed by atoms with Crippen molar-refractivity contribution in [3.8, 4) is 23.1 Å². The van der Waals surface area contributed by atoms with Crippen LogP contribution in [0.3, 0.4) is 0 Å². The number of nitriles is 1. The van der Waals surface area contributed by atoms with Gasteiger partial charge in [0.05, 0.1) is 17.3 Å². The van der Waals surface area contributed by atoms with Gasteiger partial charge < -0.3 is 20.3 Å². The molecule has 2 heterocycles. The van der Waals surface area contributed by atoms with Crippen molar-refractivity contribution in [2.45, 2.75) is 18.9 Å². The molecule has 0 atom stereocenters. The van der Waals surface area contributed by atoms with Crippen LogP contribution in [0.1, 0.15) is 18.4 Å². The van der Waals surface area contributed by atoms with Gasteiger partial charge in [-0.25, -0.2) is 4.79 Å². The van der Waals surface area contributed by atoms with E-state index in [1.165, 1.54) is 0 Å². The van der Waals surface area contributed by atoms with Crippen LogP contribution in [-0.4, -0.2) is 47.0 Å². The highest BCUT2D eigenvalue weighted by Gasteiger charge is 2.21. The average Bonchev–Trinajstić information content (AvgIpc) is 3.22. The number of likely N-dealkylation sites (tertiary alicyclic amines) is 1. The van der Waals surface area contributed by atoms with Crippen molar-refractivity contribution >= 4 is 17.4 Å². The van der Waals surface area contributed by atoms with E-state index in [4.69, 9.17) is 10.00 Å². The molecule has 1 aliphatic rings. The number of nitrogens with zero attached hydrogens (tertiary/aromatic N) is 4. The first-order valence-electron chi connectivity index (χ1n) is 10.6. The highest BCUT2D eigenvalue weighted by molar-refractivity contribution is 6.00. The molecule has 1 aliphatic heterocycles. The van der Waals surface area contributed by atoms with Crippen molar-refractivity contribution in [1.82, 2.24) is 14.7 Å². The summed E-state index contributed by atoms with van der Waals surface area (Å²) in [5.74, 6) is 0.774. The smallest absolute Gasteiger partial charge is 0.323 e. The van der Waals surface area contributed by atoms with Crippen LogP contribution in [0, 0.1) is 11.3 Å². The van der Waals surface area contributed by atoms with Crippen LogP contribution >= 0.6 is 0 Å². The van der Waals surface area contributed by atoms with E-state index in [1.54, 1.807) is 35.1 Å². The number of hydrogen-bond acceptors (Lipinski definition) is 5. The zero-order valence-electron chi connectivity index (χ0n) is 18.2. The van der Waals surface area contributed by atoms with Gasteiger partial charge in [0.2, 0.25) is 0 Å². The van der Waals surface area contributed by atoms with Crippen LogP contribution in [0.2, 0.25) is 0 Å². The lowest BCUT2D eigenvalue weighted by Crippen LogP contribution is -2.35. The predicted octanol–water partition coefficient (Wildman–Crippen LogP) is 4.08. The second-order valence-electron chi connectivity index (χ2n) is 7.94. The molecule has 2 N–H and O–H groups in total. The number of carbonyl (C=O) groups is 1. The first kappa shape index (κ1) is 21.4. The number of anilines is 2. The maximum absolute atomic E-state index is 12.5. The quantitative estimate of drug-likeness (QED) is 0.636. The second kappa shape index (κ2) is 9.54. The third kappa shape index (κ3) is 5.07. The molecule has 0 saturated carbocycles. The molecule has 4 rings (SSSR count). The van der Waals surface area contributed by atoms with Gasteiger partial charge in [-0.1, -0.05) is 6.07 Å². The van der Waals surface area contributed by atoms with Gasteiger partial charge in [0.1, 0.15) is 11.9 Å². The first-order valence-corrected chi connectivity index (χ1v) is 10.6. The molecule has 0 aliphatic carbocycles. The highest BCUT2D eigenvalue weighted by Crippen LogP contribution is 2.34. The van der Waals surface area contributed by atoms with Crippen LogP contribution in [0.25, 0.3) is 11.3 Å². The number of hydrogen-bond donors (Lipinski definition) is 2. The van der Waals surface area contributed by atoms with Gasteiger partial charge in [0.25, 0.3) is 0 Å². The van der Waals surface area contributed by atoms with Crippen molar-refractivity contribution in [1.29, 1.82) is 5.26 Å². The summed E-state index contributed by atoms with van der Waals surface area (Å²) in [6.45, 7) is 2.02. The van der Waals surface area contributed by atoms with E-state index < -0.39 is 0 Å². The summed E-state index contributed by atoms with van der Waals surface area (Å²) >= 11 is 0. The number of nitrogens with one attached hydrogen (secondary N) is 2. The second-order valence-corrected chi connectivity index (χ2v) is 7.94. The number of aryl methyl sites for hydroxylation is 1. The zero-order valence-corrected chi connectivity index (χ0v) is 18.2. The van der Waals surface area contributed by atoms with Gasteiger partial charge in [-0.15, -0.1) is 0 Å². The Morgan fingerprint density at radius 1 is 1.09 bits per heavy atom. The molecule has 0 radical (unpaired) electrons. The number of carbonyl (C=O) groups excluding carboxylic acids is 1. The van der Waals surface area contributed by atoms with Crippen LogP contribution in [0.4, 0.5) is 16.2 Å². The Hall–Kier alpha value is -3.83. The zero-order chi connectivity index (χ0) is 22.5. The van der Waals surface area contributed by atoms with E-state index in [9.17, 15) is 4.79 Å². The van der Waals surface area contributed by atoms with Crippen molar-refractivity contribution in [2.75, 3.05) is 30.8 Å².